The van der Waals surface area contributed by atoms with Crippen molar-refractivity contribution in [3.05, 3.63) is 54.1 Å². The van der Waals surface area contributed by atoms with Crippen LogP contribution in [0, 0.1) is 0 Å². The average Bonchev–Trinajstić information content (AvgIpc) is 2.94. The number of esters is 1. The molecule has 0 saturated heterocycles. The summed E-state index contributed by atoms with van der Waals surface area (Å²) in [6.45, 7) is 0. The van der Waals surface area contributed by atoms with Crippen molar-refractivity contribution in [3.63, 3.8) is 0 Å². The molecular weight excluding hydrogens is 318 g/mol. The molecule has 1 aliphatic rings. The van der Waals surface area contributed by atoms with E-state index in [1.54, 1.807) is 24.3 Å². The van der Waals surface area contributed by atoms with Gasteiger partial charge in [0, 0.05) is 6.42 Å². The summed E-state index contributed by atoms with van der Waals surface area (Å²) >= 11 is 0. The number of phenolic OH excluding ortho intramolecular Hbond substituents is 1. The highest BCUT2D eigenvalue weighted by Gasteiger charge is 2.42. The van der Waals surface area contributed by atoms with Crippen molar-refractivity contribution in [2.75, 3.05) is 11.4 Å². The van der Waals surface area contributed by atoms with E-state index in [1.807, 2.05) is 0 Å². The SMILES string of the molecule is COC(=O)C1Cc2ccccc2N1S(=O)(=O)c1ccc(O)cc1. The Kier molecular flexibility index (Phi) is 3.73. The first kappa shape index (κ1) is 15.4. The number of sulfonamides is 1. The number of hydrogen-bond donors (Lipinski definition) is 1. The van der Waals surface area contributed by atoms with Crippen LogP contribution in [0.5, 0.6) is 5.75 Å². The van der Waals surface area contributed by atoms with Crippen LogP contribution in [-0.4, -0.2) is 32.6 Å². The standard InChI is InChI=1S/C16H15NO5S/c1-22-16(19)15-10-11-4-2-3-5-14(11)17(15)23(20,21)13-8-6-12(18)7-9-13/h2-9,15,18H,10H2,1H3. The molecule has 0 aliphatic carbocycles. The van der Waals surface area contributed by atoms with Crippen LogP contribution in [0.4, 0.5) is 5.69 Å². The molecule has 0 saturated carbocycles. The number of phenols is 1. The summed E-state index contributed by atoms with van der Waals surface area (Å²) < 4.78 is 31.8. The van der Waals surface area contributed by atoms with Gasteiger partial charge in [-0.25, -0.2) is 13.2 Å². The molecule has 0 amide bonds. The normalized spacial score (nSPS) is 16.9. The second-order valence-corrected chi connectivity index (χ2v) is 6.98. The Labute approximate surface area is 134 Å². The molecule has 1 unspecified atom stereocenters. The highest BCUT2D eigenvalue weighted by Crippen LogP contribution is 2.37. The Morgan fingerprint density at radius 2 is 1.83 bits per heavy atom. The van der Waals surface area contributed by atoms with Gasteiger partial charge in [0.2, 0.25) is 0 Å². The van der Waals surface area contributed by atoms with E-state index >= 15 is 0 Å². The second-order valence-electron chi connectivity index (χ2n) is 5.17. The topological polar surface area (TPSA) is 83.9 Å². The van der Waals surface area contributed by atoms with Gasteiger partial charge in [-0.05, 0) is 35.9 Å². The van der Waals surface area contributed by atoms with Crippen LogP contribution >= 0.6 is 0 Å². The van der Waals surface area contributed by atoms with Crippen molar-refractivity contribution in [1.29, 1.82) is 0 Å². The zero-order valence-electron chi connectivity index (χ0n) is 12.3. The molecule has 0 radical (unpaired) electrons. The van der Waals surface area contributed by atoms with E-state index in [2.05, 4.69) is 0 Å². The van der Waals surface area contributed by atoms with Crippen molar-refractivity contribution >= 4 is 21.7 Å². The smallest absolute Gasteiger partial charge is 0.330 e. The fraction of sp³-hybridized carbons (Fsp3) is 0.188. The maximum atomic E-state index is 13.0. The number of rotatable bonds is 3. The van der Waals surface area contributed by atoms with Crippen LogP contribution in [0.2, 0.25) is 0 Å². The van der Waals surface area contributed by atoms with Crippen molar-refractivity contribution in [3.8, 4) is 5.75 Å². The molecule has 1 heterocycles. The minimum absolute atomic E-state index is 0.000839. The molecule has 0 spiro atoms. The molecule has 23 heavy (non-hydrogen) atoms. The Morgan fingerprint density at radius 1 is 1.17 bits per heavy atom. The van der Waals surface area contributed by atoms with Gasteiger partial charge in [0.05, 0.1) is 17.7 Å². The summed E-state index contributed by atoms with van der Waals surface area (Å²) in [6, 6.07) is 11.2. The van der Waals surface area contributed by atoms with Crippen LogP contribution in [0.1, 0.15) is 5.56 Å². The van der Waals surface area contributed by atoms with Crippen LogP contribution in [-0.2, 0) is 26.0 Å². The number of hydrogen-bond acceptors (Lipinski definition) is 5. The van der Waals surface area contributed by atoms with Crippen LogP contribution in [0.15, 0.2) is 53.4 Å². The van der Waals surface area contributed by atoms with Gasteiger partial charge >= 0.3 is 5.97 Å². The molecule has 2 aromatic carbocycles. The third-order valence-electron chi connectivity index (χ3n) is 3.79. The maximum Gasteiger partial charge on any atom is 0.330 e. The van der Waals surface area contributed by atoms with Crippen molar-refractivity contribution in [2.24, 2.45) is 0 Å². The lowest BCUT2D eigenvalue weighted by Crippen LogP contribution is -2.43. The van der Waals surface area contributed by atoms with Crippen LogP contribution in [0.3, 0.4) is 0 Å². The van der Waals surface area contributed by atoms with Gasteiger partial charge < -0.3 is 9.84 Å². The lowest BCUT2D eigenvalue weighted by Gasteiger charge is -2.25. The number of nitrogens with zero attached hydrogens (tertiary/aromatic N) is 1. The largest absolute Gasteiger partial charge is 0.508 e. The van der Waals surface area contributed by atoms with Gasteiger partial charge in [-0.2, -0.15) is 0 Å². The Morgan fingerprint density at radius 3 is 2.48 bits per heavy atom. The average molecular weight is 333 g/mol. The van der Waals surface area contributed by atoms with E-state index < -0.39 is 22.0 Å². The molecule has 0 bridgehead atoms. The van der Waals surface area contributed by atoms with E-state index in [0.29, 0.717) is 5.69 Å². The van der Waals surface area contributed by atoms with Gasteiger partial charge in [-0.15, -0.1) is 0 Å². The quantitative estimate of drug-likeness (QED) is 0.864. The maximum absolute atomic E-state index is 13.0. The molecule has 7 heteroatoms. The number of ether oxygens (including phenoxy) is 1. The molecule has 2 aromatic rings. The van der Waals surface area contributed by atoms with Gasteiger partial charge in [-0.3, -0.25) is 4.31 Å². The monoisotopic (exact) mass is 333 g/mol. The van der Waals surface area contributed by atoms with E-state index in [1.165, 1.54) is 31.4 Å². The van der Waals surface area contributed by atoms with E-state index in [9.17, 15) is 18.3 Å². The molecule has 0 fully saturated rings. The number of anilines is 1. The number of fused-ring (bicyclic) bond motifs is 1. The van der Waals surface area contributed by atoms with Gasteiger partial charge in [0.15, 0.2) is 0 Å². The first-order valence-electron chi connectivity index (χ1n) is 6.94. The molecule has 1 aliphatic heterocycles. The predicted molar refractivity (Wildman–Crippen MR) is 83.7 cm³/mol. The number of carbonyl (C=O) groups excluding carboxylic acids is 1. The summed E-state index contributed by atoms with van der Waals surface area (Å²) in [6.07, 6.45) is 0.264. The molecule has 120 valence electrons. The zero-order chi connectivity index (χ0) is 16.6. The van der Waals surface area contributed by atoms with E-state index in [-0.39, 0.29) is 17.1 Å². The summed E-state index contributed by atoms with van der Waals surface area (Å²) in [4.78, 5) is 12.1. The highest BCUT2D eigenvalue weighted by molar-refractivity contribution is 7.93. The van der Waals surface area contributed by atoms with Crippen LogP contribution in [0.25, 0.3) is 0 Å². The zero-order valence-corrected chi connectivity index (χ0v) is 13.2. The second kappa shape index (κ2) is 5.58. The van der Waals surface area contributed by atoms with Gasteiger partial charge in [0.1, 0.15) is 11.8 Å². The highest BCUT2D eigenvalue weighted by atomic mass is 32.2. The molecule has 0 aromatic heterocycles. The summed E-state index contributed by atoms with van der Waals surface area (Å²) in [7, 11) is -2.72. The summed E-state index contributed by atoms with van der Waals surface area (Å²) in [5, 5.41) is 9.34. The molecule has 1 atom stereocenters. The number of para-hydroxylation sites is 1. The first-order chi connectivity index (χ1) is 10.9. The lowest BCUT2D eigenvalue weighted by atomic mass is 10.1. The Hall–Kier alpha value is -2.54. The third kappa shape index (κ3) is 2.53. The lowest BCUT2D eigenvalue weighted by molar-refractivity contribution is -0.141. The number of methoxy groups -OCH3 is 1. The minimum atomic E-state index is -3.95. The Bertz CT molecular complexity index is 845. The Balaban J connectivity index is 2.13. The molecule has 6 nitrogen and oxygen atoms in total. The minimum Gasteiger partial charge on any atom is -0.508 e. The van der Waals surface area contributed by atoms with Crippen molar-refractivity contribution in [2.45, 2.75) is 17.4 Å². The number of benzene rings is 2. The first-order valence-corrected chi connectivity index (χ1v) is 8.38. The van der Waals surface area contributed by atoms with Crippen LogP contribution < -0.4 is 4.31 Å². The third-order valence-corrected chi connectivity index (χ3v) is 5.63. The molecule has 1 N–H and O–H groups in total. The summed E-state index contributed by atoms with van der Waals surface area (Å²) in [5.41, 5.74) is 1.24. The van der Waals surface area contributed by atoms with Gasteiger partial charge in [-0.1, -0.05) is 18.2 Å². The summed E-state index contributed by atoms with van der Waals surface area (Å²) in [5.74, 6) is -0.640. The van der Waals surface area contributed by atoms with Gasteiger partial charge in [0.25, 0.3) is 10.0 Å². The number of carbonyl (C=O) groups is 1. The van der Waals surface area contributed by atoms with E-state index in [4.69, 9.17) is 4.74 Å². The van der Waals surface area contributed by atoms with E-state index in [0.717, 1.165) is 9.87 Å². The number of aromatic hydroxyl groups is 1. The molecular formula is C16H15NO5S. The predicted octanol–water partition coefficient (Wildman–Crippen LogP) is 1.69. The molecule has 3 rings (SSSR count). The fourth-order valence-electron chi connectivity index (χ4n) is 2.70. The fourth-order valence-corrected chi connectivity index (χ4v) is 4.34. The van der Waals surface area contributed by atoms with Crippen molar-refractivity contribution in [1.82, 2.24) is 0 Å². The van der Waals surface area contributed by atoms with Crippen molar-refractivity contribution < 1.29 is 23.1 Å².